The minimum Gasteiger partial charge on any atom is -0.396 e. The van der Waals surface area contributed by atoms with E-state index in [-0.39, 0.29) is 0 Å². The lowest BCUT2D eigenvalue weighted by Gasteiger charge is -2.15. The Bertz CT molecular complexity index is 319. The van der Waals surface area contributed by atoms with Crippen LogP contribution >= 0.6 is 11.3 Å². The fourth-order valence-corrected chi connectivity index (χ4v) is 2.97. The highest BCUT2D eigenvalue weighted by molar-refractivity contribution is 7.11. The van der Waals surface area contributed by atoms with Crippen LogP contribution in [0, 0.1) is 19.8 Å². The third-order valence-electron chi connectivity index (χ3n) is 2.95. The van der Waals surface area contributed by atoms with Gasteiger partial charge in [-0.1, -0.05) is 13.3 Å². The smallest absolute Gasteiger partial charge is 0.0900 e. The van der Waals surface area contributed by atoms with Gasteiger partial charge in [-0.2, -0.15) is 0 Å². The van der Waals surface area contributed by atoms with Gasteiger partial charge >= 0.3 is 0 Å². The predicted molar refractivity (Wildman–Crippen MR) is 73.4 cm³/mol. The molecule has 0 aliphatic carbocycles. The molecule has 17 heavy (non-hydrogen) atoms. The molecule has 0 amide bonds. The minimum absolute atomic E-state index is 0.297. The quantitative estimate of drug-likeness (QED) is 0.751. The van der Waals surface area contributed by atoms with Crippen molar-refractivity contribution in [2.24, 2.45) is 5.92 Å². The Morgan fingerprint density at radius 1 is 1.35 bits per heavy atom. The van der Waals surface area contributed by atoms with E-state index in [9.17, 15) is 0 Å². The van der Waals surface area contributed by atoms with Gasteiger partial charge in [-0.15, -0.1) is 11.3 Å². The van der Waals surface area contributed by atoms with E-state index in [0.717, 1.165) is 30.2 Å². The van der Waals surface area contributed by atoms with Gasteiger partial charge in [0.15, 0.2) is 0 Å². The van der Waals surface area contributed by atoms with Gasteiger partial charge in [-0.25, -0.2) is 4.98 Å². The van der Waals surface area contributed by atoms with Crippen LogP contribution in [-0.4, -0.2) is 23.2 Å². The largest absolute Gasteiger partial charge is 0.396 e. The number of nitrogens with one attached hydrogen (secondary N) is 1. The van der Waals surface area contributed by atoms with Crippen LogP contribution < -0.4 is 5.32 Å². The van der Waals surface area contributed by atoms with E-state index in [1.807, 2.05) is 6.92 Å². The molecule has 3 nitrogen and oxygen atoms in total. The van der Waals surface area contributed by atoms with Gasteiger partial charge < -0.3 is 10.4 Å². The highest BCUT2D eigenvalue weighted by atomic mass is 32.1. The van der Waals surface area contributed by atoms with E-state index in [1.165, 1.54) is 17.7 Å². The van der Waals surface area contributed by atoms with Gasteiger partial charge in [0, 0.05) is 18.0 Å². The zero-order chi connectivity index (χ0) is 12.7. The number of aliphatic hydroxyl groups is 1. The van der Waals surface area contributed by atoms with Crippen molar-refractivity contribution in [3.8, 4) is 0 Å². The summed E-state index contributed by atoms with van der Waals surface area (Å²) in [5.41, 5.74) is 1.15. The number of aryl methyl sites for hydroxylation is 2. The normalized spacial score (nSPS) is 12.9. The van der Waals surface area contributed by atoms with Crippen molar-refractivity contribution >= 4 is 11.3 Å². The summed E-state index contributed by atoms with van der Waals surface area (Å²) in [4.78, 5) is 5.75. The third kappa shape index (κ3) is 5.15. The molecule has 0 aromatic carbocycles. The lowest BCUT2D eigenvalue weighted by Crippen LogP contribution is -2.23. The molecule has 0 saturated carbocycles. The number of aromatic nitrogens is 1. The molecule has 1 rings (SSSR count). The first-order valence-corrected chi connectivity index (χ1v) is 7.23. The number of hydrogen-bond donors (Lipinski definition) is 2. The molecule has 4 heteroatoms. The van der Waals surface area contributed by atoms with E-state index in [0.29, 0.717) is 12.5 Å². The van der Waals surface area contributed by atoms with Gasteiger partial charge in [0.2, 0.25) is 0 Å². The molecule has 0 saturated heterocycles. The number of nitrogens with zero attached hydrogens (tertiary/aromatic N) is 1. The second-order valence-corrected chi connectivity index (χ2v) is 5.83. The molecule has 1 unspecified atom stereocenters. The summed E-state index contributed by atoms with van der Waals surface area (Å²) >= 11 is 1.77. The maximum absolute atomic E-state index is 8.99. The SMILES string of the molecule is CCCC(CCO)CNCc1sc(C)nc1C. The summed E-state index contributed by atoms with van der Waals surface area (Å²) in [7, 11) is 0. The molecular weight excluding hydrogens is 232 g/mol. The molecule has 0 bridgehead atoms. The van der Waals surface area contributed by atoms with Crippen LogP contribution in [0.5, 0.6) is 0 Å². The van der Waals surface area contributed by atoms with Gasteiger partial charge in [0.05, 0.1) is 10.7 Å². The molecule has 0 aliphatic rings. The van der Waals surface area contributed by atoms with Crippen molar-refractivity contribution in [2.45, 2.75) is 46.6 Å². The number of thiazole rings is 1. The van der Waals surface area contributed by atoms with E-state index in [1.54, 1.807) is 11.3 Å². The van der Waals surface area contributed by atoms with E-state index < -0.39 is 0 Å². The molecule has 1 aromatic rings. The Labute approximate surface area is 108 Å². The Kier molecular flexibility index (Phi) is 6.70. The zero-order valence-corrected chi connectivity index (χ0v) is 11.9. The van der Waals surface area contributed by atoms with Crippen molar-refractivity contribution in [3.05, 3.63) is 15.6 Å². The second-order valence-electron chi connectivity index (χ2n) is 4.54. The lowest BCUT2D eigenvalue weighted by molar-refractivity contribution is 0.248. The van der Waals surface area contributed by atoms with Gasteiger partial charge in [-0.3, -0.25) is 0 Å². The summed E-state index contributed by atoms with van der Waals surface area (Å²) in [6, 6.07) is 0. The molecular formula is C13H24N2OS. The van der Waals surface area contributed by atoms with Crippen LogP contribution in [0.4, 0.5) is 0 Å². The summed E-state index contributed by atoms with van der Waals surface area (Å²) in [5, 5.41) is 13.6. The Morgan fingerprint density at radius 2 is 2.12 bits per heavy atom. The molecule has 98 valence electrons. The average Bonchev–Trinajstić information content (AvgIpc) is 2.58. The lowest BCUT2D eigenvalue weighted by atomic mass is 10.0. The van der Waals surface area contributed by atoms with E-state index in [2.05, 4.69) is 24.1 Å². The van der Waals surface area contributed by atoms with Crippen LogP contribution in [0.25, 0.3) is 0 Å². The molecule has 2 N–H and O–H groups in total. The maximum Gasteiger partial charge on any atom is 0.0900 e. The first kappa shape index (κ1) is 14.6. The zero-order valence-electron chi connectivity index (χ0n) is 11.1. The van der Waals surface area contributed by atoms with Crippen LogP contribution in [0.3, 0.4) is 0 Å². The maximum atomic E-state index is 8.99. The summed E-state index contributed by atoms with van der Waals surface area (Å²) in [6.45, 7) is 8.50. The molecule has 1 heterocycles. The highest BCUT2D eigenvalue weighted by Crippen LogP contribution is 2.17. The number of hydrogen-bond acceptors (Lipinski definition) is 4. The van der Waals surface area contributed by atoms with Crippen molar-refractivity contribution in [2.75, 3.05) is 13.2 Å². The van der Waals surface area contributed by atoms with Crippen molar-refractivity contribution < 1.29 is 5.11 Å². The number of aliphatic hydroxyl groups excluding tert-OH is 1. The van der Waals surface area contributed by atoms with Crippen molar-refractivity contribution in [1.29, 1.82) is 0 Å². The van der Waals surface area contributed by atoms with Crippen molar-refractivity contribution in [3.63, 3.8) is 0 Å². The Hall–Kier alpha value is -0.450. The fraction of sp³-hybridized carbons (Fsp3) is 0.769. The summed E-state index contributed by atoms with van der Waals surface area (Å²) in [6.07, 6.45) is 3.28. The molecule has 1 aromatic heterocycles. The first-order chi connectivity index (χ1) is 8.17. The molecule has 0 radical (unpaired) electrons. The van der Waals surface area contributed by atoms with Crippen LogP contribution in [0.15, 0.2) is 0 Å². The summed E-state index contributed by atoms with van der Waals surface area (Å²) in [5.74, 6) is 0.597. The van der Waals surface area contributed by atoms with Gasteiger partial charge in [0.1, 0.15) is 0 Å². The standard InChI is InChI=1S/C13H24N2OS/c1-4-5-12(6-7-16)8-14-9-13-10(2)15-11(3)17-13/h12,14,16H,4-9H2,1-3H3. The number of rotatable bonds is 8. The van der Waals surface area contributed by atoms with Gasteiger partial charge in [-0.05, 0) is 39.2 Å². The summed E-state index contributed by atoms with van der Waals surface area (Å²) < 4.78 is 0. The second kappa shape index (κ2) is 7.80. The monoisotopic (exact) mass is 256 g/mol. The molecule has 0 aliphatic heterocycles. The average molecular weight is 256 g/mol. The third-order valence-corrected chi connectivity index (χ3v) is 4.03. The minimum atomic E-state index is 0.297. The Morgan fingerprint density at radius 3 is 2.65 bits per heavy atom. The highest BCUT2D eigenvalue weighted by Gasteiger charge is 2.08. The molecule has 0 fully saturated rings. The first-order valence-electron chi connectivity index (χ1n) is 6.41. The fourth-order valence-electron chi connectivity index (χ4n) is 2.07. The Balaban J connectivity index is 2.32. The van der Waals surface area contributed by atoms with Crippen molar-refractivity contribution in [1.82, 2.24) is 10.3 Å². The molecule has 0 spiro atoms. The van der Waals surface area contributed by atoms with Crippen LogP contribution in [-0.2, 0) is 6.54 Å². The van der Waals surface area contributed by atoms with Crippen LogP contribution in [0.2, 0.25) is 0 Å². The topological polar surface area (TPSA) is 45.1 Å². The molecule has 1 atom stereocenters. The predicted octanol–water partition coefficient (Wildman–Crippen LogP) is 2.65. The van der Waals surface area contributed by atoms with E-state index >= 15 is 0 Å². The van der Waals surface area contributed by atoms with Gasteiger partial charge in [0.25, 0.3) is 0 Å². The van der Waals surface area contributed by atoms with E-state index in [4.69, 9.17) is 5.11 Å². The van der Waals surface area contributed by atoms with Crippen LogP contribution in [0.1, 0.15) is 41.8 Å².